The van der Waals surface area contributed by atoms with Crippen molar-refractivity contribution in [2.75, 3.05) is 0 Å². The number of ether oxygens (including phenoxy) is 1. The van der Waals surface area contributed by atoms with E-state index in [4.69, 9.17) is 4.74 Å². The van der Waals surface area contributed by atoms with Gasteiger partial charge < -0.3 is 15.4 Å². The standard InChI is InChI=1S/C26H32N2O4/c1-14(2)17-11-12-20-21(13-17)32-26(28-24(31)16(5)6)19-10-8-7-9-18(19)22(29)25(20,26)27-23(30)15(3)4/h9-16H,7-8H2,1-6H3,(H,27,30)(H,28,31). The first kappa shape index (κ1) is 22.3. The predicted octanol–water partition coefficient (Wildman–Crippen LogP) is 3.87. The zero-order valence-electron chi connectivity index (χ0n) is 19.7. The molecule has 2 amide bonds. The molecule has 2 N–H and O–H groups in total. The lowest BCUT2D eigenvalue weighted by Gasteiger charge is -2.40. The molecule has 2 aliphatic carbocycles. The van der Waals surface area contributed by atoms with Gasteiger partial charge in [0.25, 0.3) is 0 Å². The van der Waals surface area contributed by atoms with Crippen LogP contribution in [0.4, 0.5) is 0 Å². The number of carbonyl (C=O) groups is 3. The molecule has 1 saturated carbocycles. The van der Waals surface area contributed by atoms with Gasteiger partial charge in [-0.05, 0) is 30.4 Å². The Hall–Kier alpha value is -2.89. The van der Waals surface area contributed by atoms with Crippen molar-refractivity contribution in [3.63, 3.8) is 0 Å². The number of Topliss-reactive ketones (excluding diaryl/α,β-unsaturated/α-hetero) is 1. The number of benzene rings is 1. The fourth-order valence-corrected chi connectivity index (χ4v) is 4.73. The van der Waals surface area contributed by atoms with E-state index in [-0.39, 0.29) is 35.4 Å². The fourth-order valence-electron chi connectivity index (χ4n) is 4.73. The van der Waals surface area contributed by atoms with Gasteiger partial charge in [0.05, 0.1) is 0 Å². The zero-order valence-corrected chi connectivity index (χ0v) is 19.7. The maximum absolute atomic E-state index is 14.1. The molecule has 6 nitrogen and oxygen atoms in total. The summed E-state index contributed by atoms with van der Waals surface area (Å²) in [5.41, 5.74) is -0.273. The van der Waals surface area contributed by atoms with Crippen molar-refractivity contribution in [1.29, 1.82) is 0 Å². The molecule has 1 aliphatic heterocycles. The Morgan fingerprint density at radius 1 is 0.938 bits per heavy atom. The van der Waals surface area contributed by atoms with Gasteiger partial charge in [-0.1, -0.05) is 65.8 Å². The normalized spacial score (nSPS) is 25.7. The van der Waals surface area contributed by atoms with Crippen LogP contribution < -0.4 is 15.4 Å². The molecule has 0 saturated heterocycles. The Morgan fingerprint density at radius 2 is 1.56 bits per heavy atom. The first-order valence-electron chi connectivity index (χ1n) is 11.5. The van der Waals surface area contributed by atoms with Gasteiger partial charge in [0, 0.05) is 28.5 Å². The van der Waals surface area contributed by atoms with Gasteiger partial charge in [-0.3, -0.25) is 14.4 Å². The molecular formula is C26H32N2O4. The lowest BCUT2D eigenvalue weighted by Crippen LogP contribution is -2.69. The summed E-state index contributed by atoms with van der Waals surface area (Å²) in [6, 6.07) is 5.75. The van der Waals surface area contributed by atoms with Crippen LogP contribution >= 0.6 is 0 Å². The number of rotatable bonds is 5. The van der Waals surface area contributed by atoms with E-state index in [9.17, 15) is 14.4 Å². The maximum atomic E-state index is 14.1. The third kappa shape index (κ3) is 2.95. The van der Waals surface area contributed by atoms with Crippen molar-refractivity contribution >= 4 is 17.6 Å². The average Bonchev–Trinajstić information content (AvgIpc) is 3.12. The fraction of sp³-hybridized carbons (Fsp3) is 0.500. The molecule has 170 valence electrons. The molecule has 3 aliphatic rings. The van der Waals surface area contributed by atoms with E-state index in [0.29, 0.717) is 22.5 Å². The number of hydrogen-bond donors (Lipinski definition) is 2. The van der Waals surface area contributed by atoms with Crippen LogP contribution in [0, 0.1) is 11.8 Å². The van der Waals surface area contributed by atoms with Crippen molar-refractivity contribution in [2.24, 2.45) is 11.8 Å². The Balaban J connectivity index is 2.02. The lowest BCUT2D eigenvalue weighted by molar-refractivity contribution is -0.140. The molecule has 0 bridgehead atoms. The van der Waals surface area contributed by atoms with E-state index in [1.165, 1.54) is 0 Å². The Bertz CT molecular complexity index is 1070. The summed E-state index contributed by atoms with van der Waals surface area (Å²) in [5.74, 6) is -0.655. The van der Waals surface area contributed by atoms with Crippen molar-refractivity contribution in [3.8, 4) is 5.75 Å². The predicted molar refractivity (Wildman–Crippen MR) is 122 cm³/mol. The summed E-state index contributed by atoms with van der Waals surface area (Å²) in [5, 5.41) is 6.10. The van der Waals surface area contributed by atoms with Gasteiger partial charge in [0.2, 0.25) is 17.5 Å². The largest absolute Gasteiger partial charge is 0.460 e. The second-order valence-electron chi connectivity index (χ2n) is 9.87. The summed E-state index contributed by atoms with van der Waals surface area (Å²) in [6.07, 6.45) is 5.32. The van der Waals surface area contributed by atoms with E-state index in [1.54, 1.807) is 27.7 Å². The third-order valence-corrected chi connectivity index (χ3v) is 6.64. The molecule has 1 fully saturated rings. The molecule has 1 aromatic carbocycles. The van der Waals surface area contributed by atoms with Crippen LogP contribution in [0.5, 0.6) is 5.75 Å². The van der Waals surface area contributed by atoms with Gasteiger partial charge in [-0.2, -0.15) is 0 Å². The van der Waals surface area contributed by atoms with Gasteiger partial charge in [-0.25, -0.2) is 0 Å². The average molecular weight is 437 g/mol. The van der Waals surface area contributed by atoms with Crippen molar-refractivity contribution in [2.45, 2.75) is 71.6 Å². The molecular weight excluding hydrogens is 404 g/mol. The minimum atomic E-state index is -1.55. The minimum absolute atomic E-state index is 0.238. The highest BCUT2D eigenvalue weighted by atomic mass is 16.5. The van der Waals surface area contributed by atoms with Crippen LogP contribution in [0.2, 0.25) is 0 Å². The van der Waals surface area contributed by atoms with E-state index in [0.717, 1.165) is 18.4 Å². The molecule has 0 aromatic heterocycles. The maximum Gasteiger partial charge on any atom is 0.244 e. The van der Waals surface area contributed by atoms with Crippen LogP contribution in [-0.2, 0) is 19.9 Å². The first-order valence-corrected chi connectivity index (χ1v) is 11.5. The first-order chi connectivity index (χ1) is 15.0. The number of hydrogen-bond acceptors (Lipinski definition) is 4. The number of fused-ring (bicyclic) bond motifs is 5. The van der Waals surface area contributed by atoms with E-state index in [2.05, 4.69) is 24.5 Å². The summed E-state index contributed by atoms with van der Waals surface area (Å²) in [7, 11) is 0. The highest BCUT2D eigenvalue weighted by Crippen LogP contribution is 2.59. The van der Waals surface area contributed by atoms with Gasteiger partial charge in [-0.15, -0.1) is 0 Å². The molecule has 1 aromatic rings. The highest BCUT2D eigenvalue weighted by molar-refractivity contribution is 6.16. The molecule has 6 heteroatoms. The second-order valence-corrected chi connectivity index (χ2v) is 9.87. The number of nitrogens with one attached hydrogen (secondary N) is 2. The molecule has 4 rings (SSSR count). The molecule has 2 unspecified atom stereocenters. The van der Waals surface area contributed by atoms with Crippen LogP contribution in [-0.4, -0.2) is 23.3 Å². The van der Waals surface area contributed by atoms with E-state index in [1.807, 2.05) is 30.4 Å². The Morgan fingerprint density at radius 3 is 2.19 bits per heavy atom. The lowest BCUT2D eigenvalue weighted by atomic mass is 9.80. The van der Waals surface area contributed by atoms with Gasteiger partial charge in [0.15, 0.2) is 11.3 Å². The summed E-state index contributed by atoms with van der Waals surface area (Å²) in [4.78, 5) is 40.2. The molecule has 2 atom stereocenters. The number of allylic oxidation sites excluding steroid dienone is 2. The quantitative estimate of drug-likeness (QED) is 0.734. The molecule has 1 heterocycles. The molecule has 32 heavy (non-hydrogen) atoms. The summed E-state index contributed by atoms with van der Waals surface area (Å²) in [6.45, 7) is 11.3. The molecule has 0 spiro atoms. The van der Waals surface area contributed by atoms with Gasteiger partial charge >= 0.3 is 0 Å². The Kier molecular flexibility index (Phi) is 5.30. The smallest absolute Gasteiger partial charge is 0.244 e. The van der Waals surface area contributed by atoms with Gasteiger partial charge in [0.1, 0.15) is 5.75 Å². The monoisotopic (exact) mass is 436 g/mol. The van der Waals surface area contributed by atoms with Crippen molar-refractivity contribution in [1.82, 2.24) is 10.6 Å². The topological polar surface area (TPSA) is 84.5 Å². The zero-order chi connectivity index (χ0) is 23.4. The Labute approximate surface area is 189 Å². The van der Waals surface area contributed by atoms with Crippen LogP contribution in [0.1, 0.15) is 71.4 Å². The minimum Gasteiger partial charge on any atom is -0.460 e. The SMILES string of the molecule is CC(C)C(=O)NC12Oc3cc(C(C)C)ccc3C1(NC(=O)C(C)C)C(=O)C1=CCCC=C12. The van der Waals surface area contributed by atoms with Crippen LogP contribution in [0.3, 0.4) is 0 Å². The van der Waals surface area contributed by atoms with E-state index < -0.39 is 11.3 Å². The van der Waals surface area contributed by atoms with Crippen molar-refractivity contribution < 1.29 is 19.1 Å². The van der Waals surface area contributed by atoms with Crippen LogP contribution in [0.25, 0.3) is 0 Å². The van der Waals surface area contributed by atoms with E-state index >= 15 is 0 Å². The third-order valence-electron chi connectivity index (χ3n) is 6.64. The number of ketones is 1. The van der Waals surface area contributed by atoms with Crippen molar-refractivity contribution in [3.05, 3.63) is 52.6 Å². The summed E-state index contributed by atoms with van der Waals surface area (Å²) < 4.78 is 6.58. The number of carbonyl (C=O) groups excluding carboxylic acids is 3. The second kappa shape index (κ2) is 7.61. The number of amides is 2. The molecule has 0 radical (unpaired) electrons. The van der Waals surface area contributed by atoms with Crippen LogP contribution in [0.15, 0.2) is 41.5 Å². The summed E-state index contributed by atoms with van der Waals surface area (Å²) >= 11 is 0. The highest BCUT2D eigenvalue weighted by Gasteiger charge is 2.74.